The van der Waals surface area contributed by atoms with Crippen LogP contribution in [0, 0.1) is 0 Å². The minimum atomic E-state index is 0.677. The number of hydrogen-bond donors (Lipinski definition) is 1. The third kappa shape index (κ3) is 3.55. The molecule has 0 radical (unpaired) electrons. The van der Waals surface area contributed by atoms with Gasteiger partial charge in [-0.25, -0.2) is 0 Å². The molecule has 0 aliphatic carbocycles. The molecule has 0 atom stereocenters. The molecule has 1 fully saturated rings. The van der Waals surface area contributed by atoms with Crippen molar-refractivity contribution >= 4 is 28.9 Å². The first-order valence-corrected chi connectivity index (χ1v) is 6.42. The van der Waals surface area contributed by atoms with Gasteiger partial charge in [-0.2, -0.15) is 0 Å². The highest BCUT2D eigenvalue weighted by Gasteiger charge is 2.10. The van der Waals surface area contributed by atoms with Gasteiger partial charge in [0.25, 0.3) is 0 Å². The van der Waals surface area contributed by atoms with Crippen molar-refractivity contribution in [2.75, 3.05) is 31.5 Å². The Labute approximate surface area is 107 Å². The largest absolute Gasteiger partial charge is 0.384 e. The van der Waals surface area contributed by atoms with Crippen LogP contribution < -0.4 is 5.32 Å². The van der Waals surface area contributed by atoms with E-state index in [1.54, 1.807) is 6.07 Å². The lowest BCUT2D eigenvalue weighted by Gasteiger charge is -2.15. The van der Waals surface area contributed by atoms with Crippen LogP contribution in [0.15, 0.2) is 18.2 Å². The van der Waals surface area contributed by atoms with E-state index in [0.717, 1.165) is 18.8 Å². The van der Waals surface area contributed by atoms with Crippen molar-refractivity contribution in [2.24, 2.45) is 0 Å². The molecule has 16 heavy (non-hydrogen) atoms. The molecule has 1 aromatic carbocycles. The number of benzene rings is 1. The molecule has 1 N–H and O–H groups in total. The summed E-state index contributed by atoms with van der Waals surface area (Å²) in [7, 11) is 0. The summed E-state index contributed by atoms with van der Waals surface area (Å²) in [4.78, 5) is 2.47. The second-order valence-electron chi connectivity index (χ2n) is 4.13. The van der Waals surface area contributed by atoms with Gasteiger partial charge in [0.05, 0.1) is 0 Å². The van der Waals surface area contributed by atoms with Gasteiger partial charge in [0, 0.05) is 28.8 Å². The predicted octanol–water partition coefficient (Wildman–Crippen LogP) is 3.50. The third-order valence-corrected chi connectivity index (χ3v) is 3.25. The molecular weight excluding hydrogens is 243 g/mol. The van der Waals surface area contributed by atoms with Crippen molar-refractivity contribution in [2.45, 2.75) is 12.8 Å². The summed E-state index contributed by atoms with van der Waals surface area (Å²) in [6.07, 6.45) is 2.67. The minimum Gasteiger partial charge on any atom is -0.384 e. The lowest BCUT2D eigenvalue weighted by molar-refractivity contribution is 0.352. The van der Waals surface area contributed by atoms with Crippen LogP contribution in [0.25, 0.3) is 0 Å². The quantitative estimate of drug-likeness (QED) is 0.890. The maximum Gasteiger partial charge on any atom is 0.0441 e. The molecule has 2 nitrogen and oxygen atoms in total. The molecule has 0 unspecified atom stereocenters. The maximum absolute atomic E-state index is 5.92. The molecular formula is C12H16Cl2N2. The molecule has 0 spiro atoms. The number of likely N-dealkylation sites (tertiary alicyclic amines) is 1. The molecule has 0 aromatic heterocycles. The van der Waals surface area contributed by atoms with Crippen LogP contribution in [-0.4, -0.2) is 31.1 Å². The fourth-order valence-corrected chi connectivity index (χ4v) is 2.55. The Balaban J connectivity index is 1.80. The Bertz CT molecular complexity index is 329. The van der Waals surface area contributed by atoms with Crippen LogP contribution in [0.1, 0.15) is 12.8 Å². The number of nitrogens with zero attached hydrogens (tertiary/aromatic N) is 1. The SMILES string of the molecule is Clc1cc(Cl)cc(NCCN2CCCC2)c1. The molecule has 0 bridgehead atoms. The molecule has 0 amide bonds. The van der Waals surface area contributed by atoms with Gasteiger partial charge in [-0.1, -0.05) is 23.2 Å². The van der Waals surface area contributed by atoms with Crippen molar-refractivity contribution in [3.8, 4) is 0 Å². The Morgan fingerprint density at radius 3 is 2.31 bits per heavy atom. The Morgan fingerprint density at radius 1 is 1.06 bits per heavy atom. The average Bonchev–Trinajstić information content (AvgIpc) is 2.69. The molecule has 88 valence electrons. The fraction of sp³-hybridized carbons (Fsp3) is 0.500. The van der Waals surface area contributed by atoms with Gasteiger partial charge in [-0.05, 0) is 44.1 Å². The van der Waals surface area contributed by atoms with E-state index in [0.29, 0.717) is 10.0 Å². The molecule has 1 aromatic rings. The Kier molecular flexibility index (Phi) is 4.33. The summed E-state index contributed by atoms with van der Waals surface area (Å²) in [6, 6.07) is 5.55. The van der Waals surface area contributed by atoms with E-state index in [9.17, 15) is 0 Å². The topological polar surface area (TPSA) is 15.3 Å². The van der Waals surface area contributed by atoms with Crippen LogP contribution in [0.4, 0.5) is 5.69 Å². The number of hydrogen-bond acceptors (Lipinski definition) is 2. The van der Waals surface area contributed by atoms with Crippen LogP contribution in [0.3, 0.4) is 0 Å². The zero-order chi connectivity index (χ0) is 11.4. The van der Waals surface area contributed by atoms with Crippen LogP contribution >= 0.6 is 23.2 Å². The van der Waals surface area contributed by atoms with E-state index in [-0.39, 0.29) is 0 Å². The zero-order valence-electron chi connectivity index (χ0n) is 9.18. The van der Waals surface area contributed by atoms with Gasteiger partial charge in [0.15, 0.2) is 0 Å². The van der Waals surface area contributed by atoms with Gasteiger partial charge < -0.3 is 10.2 Å². The highest BCUT2D eigenvalue weighted by Crippen LogP contribution is 2.22. The highest BCUT2D eigenvalue weighted by atomic mass is 35.5. The summed E-state index contributed by atoms with van der Waals surface area (Å²) >= 11 is 11.8. The summed E-state index contributed by atoms with van der Waals surface area (Å²) in [6.45, 7) is 4.50. The first-order valence-electron chi connectivity index (χ1n) is 5.66. The van der Waals surface area contributed by atoms with Crippen molar-refractivity contribution in [3.05, 3.63) is 28.2 Å². The van der Waals surface area contributed by atoms with Crippen molar-refractivity contribution in [1.29, 1.82) is 0 Å². The molecule has 1 aliphatic rings. The summed E-state index contributed by atoms with van der Waals surface area (Å²) in [5, 5.41) is 4.70. The highest BCUT2D eigenvalue weighted by molar-refractivity contribution is 6.35. The molecule has 1 heterocycles. The number of rotatable bonds is 4. The molecule has 4 heteroatoms. The van der Waals surface area contributed by atoms with Gasteiger partial charge in [-0.15, -0.1) is 0 Å². The third-order valence-electron chi connectivity index (χ3n) is 2.82. The number of halogens is 2. The van der Waals surface area contributed by atoms with Crippen molar-refractivity contribution < 1.29 is 0 Å². The van der Waals surface area contributed by atoms with Crippen molar-refractivity contribution in [1.82, 2.24) is 4.90 Å². The van der Waals surface area contributed by atoms with E-state index in [4.69, 9.17) is 23.2 Å². The molecule has 1 aliphatic heterocycles. The molecule has 0 saturated carbocycles. The first-order chi connectivity index (χ1) is 7.74. The van der Waals surface area contributed by atoms with Gasteiger partial charge in [-0.3, -0.25) is 0 Å². The van der Waals surface area contributed by atoms with E-state index in [2.05, 4.69) is 10.2 Å². The standard InChI is InChI=1S/C12H16Cl2N2/c13-10-7-11(14)9-12(8-10)15-3-6-16-4-1-2-5-16/h7-9,15H,1-6H2. The van der Waals surface area contributed by atoms with Gasteiger partial charge >= 0.3 is 0 Å². The zero-order valence-corrected chi connectivity index (χ0v) is 10.7. The fourth-order valence-electron chi connectivity index (χ4n) is 2.02. The van der Waals surface area contributed by atoms with Crippen LogP contribution in [0.2, 0.25) is 10.0 Å². The molecule has 2 rings (SSSR count). The van der Waals surface area contributed by atoms with Crippen LogP contribution in [0.5, 0.6) is 0 Å². The normalized spacial score (nSPS) is 16.6. The second kappa shape index (κ2) is 5.76. The second-order valence-corrected chi connectivity index (χ2v) is 5.01. The number of anilines is 1. The maximum atomic E-state index is 5.92. The average molecular weight is 259 g/mol. The smallest absolute Gasteiger partial charge is 0.0441 e. The monoisotopic (exact) mass is 258 g/mol. The summed E-state index contributed by atoms with van der Waals surface area (Å²) in [5.41, 5.74) is 0.997. The van der Waals surface area contributed by atoms with Crippen molar-refractivity contribution in [3.63, 3.8) is 0 Å². The van der Waals surface area contributed by atoms with Crippen LogP contribution in [-0.2, 0) is 0 Å². The Hall–Kier alpha value is -0.440. The van der Waals surface area contributed by atoms with Gasteiger partial charge in [0.2, 0.25) is 0 Å². The van der Waals surface area contributed by atoms with E-state index >= 15 is 0 Å². The minimum absolute atomic E-state index is 0.677. The molecule has 1 saturated heterocycles. The summed E-state index contributed by atoms with van der Waals surface area (Å²) < 4.78 is 0. The summed E-state index contributed by atoms with van der Waals surface area (Å²) in [5.74, 6) is 0. The van der Waals surface area contributed by atoms with E-state index in [1.165, 1.54) is 25.9 Å². The first kappa shape index (κ1) is 12.0. The lowest BCUT2D eigenvalue weighted by Crippen LogP contribution is -2.25. The van der Waals surface area contributed by atoms with Gasteiger partial charge in [0.1, 0.15) is 0 Å². The van der Waals surface area contributed by atoms with E-state index in [1.807, 2.05) is 12.1 Å². The number of nitrogens with one attached hydrogen (secondary N) is 1. The Morgan fingerprint density at radius 2 is 1.69 bits per heavy atom. The predicted molar refractivity (Wildman–Crippen MR) is 70.6 cm³/mol. The lowest BCUT2D eigenvalue weighted by atomic mass is 10.3. The van der Waals surface area contributed by atoms with E-state index < -0.39 is 0 Å².